The van der Waals surface area contributed by atoms with Crippen LogP contribution in [0, 0.1) is 0 Å². The number of hydrogen-bond donors (Lipinski definition) is 2. The molecule has 0 aliphatic heterocycles. The molecule has 1 aromatic rings. The molecule has 0 fully saturated rings. The molecule has 0 saturated carbocycles. The first-order chi connectivity index (χ1) is 10.8. The number of rotatable bonds is 9. The molecule has 23 heavy (non-hydrogen) atoms. The predicted octanol–water partition coefficient (Wildman–Crippen LogP) is 3.41. The Balaban J connectivity index is 2.64. The summed E-state index contributed by atoms with van der Waals surface area (Å²) in [6.07, 6.45) is 0.971. The van der Waals surface area contributed by atoms with Crippen molar-refractivity contribution in [1.82, 2.24) is 10.2 Å². The molecule has 0 aromatic heterocycles. The van der Waals surface area contributed by atoms with Crippen LogP contribution in [-0.4, -0.2) is 44.5 Å². The number of anilines is 1. The van der Waals surface area contributed by atoms with Crippen LogP contribution in [0.2, 0.25) is 0 Å². The van der Waals surface area contributed by atoms with E-state index in [0.29, 0.717) is 18.4 Å². The Labute approximate surface area is 141 Å². The Kier molecular flexibility index (Phi) is 8.10. The average molecular weight is 319 g/mol. The zero-order chi connectivity index (χ0) is 17.4. The van der Waals surface area contributed by atoms with Gasteiger partial charge in [0.15, 0.2) is 0 Å². The first-order valence-electron chi connectivity index (χ1n) is 8.61. The molecule has 0 bridgehead atoms. The fraction of sp³-hybridized carbons (Fsp3) is 0.632. The van der Waals surface area contributed by atoms with Gasteiger partial charge >= 0.3 is 0 Å². The number of nitrogens with zero attached hydrogens (tertiary/aromatic N) is 1. The Hall–Kier alpha value is -1.55. The van der Waals surface area contributed by atoms with E-state index < -0.39 is 0 Å². The number of carbonyl (C=O) groups excluding carboxylic acids is 1. The molecule has 4 nitrogen and oxygen atoms in total. The summed E-state index contributed by atoms with van der Waals surface area (Å²) < 4.78 is 0. The summed E-state index contributed by atoms with van der Waals surface area (Å²) in [4.78, 5) is 14.2. The van der Waals surface area contributed by atoms with E-state index in [0.717, 1.165) is 25.2 Å². The number of benzene rings is 1. The topological polar surface area (TPSA) is 44.4 Å². The molecule has 1 amide bonds. The summed E-state index contributed by atoms with van der Waals surface area (Å²) in [6.45, 7) is 10.8. The summed E-state index contributed by atoms with van der Waals surface area (Å²) in [7, 11) is 4.08. The van der Waals surface area contributed by atoms with Crippen molar-refractivity contribution in [2.24, 2.45) is 0 Å². The van der Waals surface area contributed by atoms with Crippen molar-refractivity contribution >= 4 is 11.6 Å². The van der Waals surface area contributed by atoms with Crippen molar-refractivity contribution in [3.05, 3.63) is 29.3 Å². The van der Waals surface area contributed by atoms with Crippen molar-refractivity contribution in [1.29, 1.82) is 0 Å². The van der Waals surface area contributed by atoms with Crippen molar-refractivity contribution in [2.45, 2.75) is 46.0 Å². The summed E-state index contributed by atoms with van der Waals surface area (Å²) >= 11 is 0. The minimum absolute atomic E-state index is 0.0528. The number of para-hydroxylation sites is 1. The predicted molar refractivity (Wildman–Crippen MR) is 99.3 cm³/mol. The van der Waals surface area contributed by atoms with Crippen molar-refractivity contribution in [3.8, 4) is 0 Å². The fourth-order valence-electron chi connectivity index (χ4n) is 2.61. The van der Waals surface area contributed by atoms with Gasteiger partial charge in [-0.25, -0.2) is 0 Å². The van der Waals surface area contributed by atoms with Gasteiger partial charge in [-0.3, -0.25) is 4.79 Å². The van der Waals surface area contributed by atoms with E-state index in [1.54, 1.807) is 0 Å². The Morgan fingerprint density at radius 2 is 1.65 bits per heavy atom. The summed E-state index contributed by atoms with van der Waals surface area (Å²) in [6, 6.07) is 6.40. The number of carbonyl (C=O) groups is 1. The van der Waals surface area contributed by atoms with Gasteiger partial charge in [-0.15, -0.1) is 0 Å². The molecule has 0 aliphatic rings. The van der Waals surface area contributed by atoms with Crippen molar-refractivity contribution in [2.75, 3.05) is 39.0 Å². The Bertz CT molecular complexity index is 469. The Morgan fingerprint density at radius 1 is 1.09 bits per heavy atom. The molecule has 0 aliphatic carbocycles. The second-order valence-corrected chi connectivity index (χ2v) is 6.98. The molecule has 0 heterocycles. The third-order valence-electron chi connectivity index (χ3n) is 3.90. The third-order valence-corrected chi connectivity index (χ3v) is 3.90. The van der Waals surface area contributed by atoms with Crippen LogP contribution >= 0.6 is 0 Å². The minimum Gasteiger partial charge on any atom is -0.376 e. The van der Waals surface area contributed by atoms with Crippen LogP contribution in [0.1, 0.15) is 57.1 Å². The van der Waals surface area contributed by atoms with Gasteiger partial charge in [0.05, 0.1) is 6.54 Å². The van der Waals surface area contributed by atoms with Crippen LogP contribution in [0.4, 0.5) is 5.69 Å². The van der Waals surface area contributed by atoms with Crippen LogP contribution in [0.5, 0.6) is 0 Å². The van der Waals surface area contributed by atoms with Crippen LogP contribution < -0.4 is 10.6 Å². The highest BCUT2D eigenvalue weighted by atomic mass is 16.1. The van der Waals surface area contributed by atoms with E-state index >= 15 is 0 Å². The van der Waals surface area contributed by atoms with E-state index in [1.807, 2.05) is 14.1 Å². The molecule has 0 saturated heterocycles. The molecular weight excluding hydrogens is 286 g/mol. The van der Waals surface area contributed by atoms with Gasteiger partial charge in [0.25, 0.3) is 0 Å². The van der Waals surface area contributed by atoms with E-state index in [4.69, 9.17) is 0 Å². The maximum absolute atomic E-state index is 12.0. The van der Waals surface area contributed by atoms with Crippen LogP contribution in [0.25, 0.3) is 0 Å². The molecule has 0 spiro atoms. The highest BCUT2D eigenvalue weighted by molar-refractivity contribution is 5.81. The molecule has 4 heteroatoms. The van der Waals surface area contributed by atoms with Crippen LogP contribution in [0.3, 0.4) is 0 Å². The average Bonchev–Trinajstić information content (AvgIpc) is 2.48. The normalized spacial score (nSPS) is 11.3. The molecular formula is C19H33N3O. The second-order valence-electron chi connectivity index (χ2n) is 6.98. The lowest BCUT2D eigenvalue weighted by molar-refractivity contribution is -0.119. The highest BCUT2D eigenvalue weighted by Gasteiger charge is 2.14. The Morgan fingerprint density at radius 3 is 2.13 bits per heavy atom. The molecule has 2 N–H and O–H groups in total. The first-order valence-corrected chi connectivity index (χ1v) is 8.61. The van der Waals surface area contributed by atoms with Crippen molar-refractivity contribution in [3.63, 3.8) is 0 Å². The quantitative estimate of drug-likeness (QED) is 0.686. The number of hydrogen-bond acceptors (Lipinski definition) is 3. The van der Waals surface area contributed by atoms with Gasteiger partial charge in [-0.05, 0) is 50.0 Å². The summed E-state index contributed by atoms with van der Waals surface area (Å²) in [5.74, 6) is 0.913. The molecule has 1 rings (SSSR count). The van der Waals surface area contributed by atoms with Gasteiger partial charge in [0.2, 0.25) is 5.91 Å². The number of nitrogens with one attached hydrogen (secondary N) is 2. The zero-order valence-corrected chi connectivity index (χ0v) is 15.6. The van der Waals surface area contributed by atoms with Gasteiger partial charge in [-0.2, -0.15) is 0 Å². The molecule has 130 valence electrons. The monoisotopic (exact) mass is 319 g/mol. The van der Waals surface area contributed by atoms with E-state index in [1.165, 1.54) is 11.1 Å². The lowest BCUT2D eigenvalue weighted by atomic mass is 9.92. The highest BCUT2D eigenvalue weighted by Crippen LogP contribution is 2.32. The largest absolute Gasteiger partial charge is 0.376 e. The third kappa shape index (κ3) is 6.61. The SMILES string of the molecule is CC(C)c1cccc(C(C)C)c1NCC(=O)NCCCN(C)C. The number of amides is 1. The van der Waals surface area contributed by atoms with E-state index in [2.05, 4.69) is 61.4 Å². The van der Waals surface area contributed by atoms with Gasteiger partial charge < -0.3 is 15.5 Å². The van der Waals surface area contributed by atoms with E-state index in [9.17, 15) is 4.79 Å². The molecule has 0 unspecified atom stereocenters. The standard InChI is InChI=1S/C19H33N3O/c1-14(2)16-9-7-10-17(15(3)4)19(16)21-13-18(23)20-11-8-12-22(5)6/h7,9-10,14-15,21H,8,11-13H2,1-6H3,(H,20,23). The molecule has 1 aromatic carbocycles. The maximum Gasteiger partial charge on any atom is 0.239 e. The smallest absolute Gasteiger partial charge is 0.239 e. The van der Waals surface area contributed by atoms with Crippen LogP contribution in [0.15, 0.2) is 18.2 Å². The van der Waals surface area contributed by atoms with Crippen LogP contribution in [-0.2, 0) is 4.79 Å². The van der Waals surface area contributed by atoms with Gasteiger partial charge in [0, 0.05) is 12.2 Å². The molecule has 0 radical (unpaired) electrons. The second kappa shape index (κ2) is 9.56. The maximum atomic E-state index is 12.0. The fourth-order valence-corrected chi connectivity index (χ4v) is 2.61. The first kappa shape index (κ1) is 19.5. The summed E-state index contributed by atoms with van der Waals surface area (Å²) in [5, 5.41) is 6.35. The summed E-state index contributed by atoms with van der Waals surface area (Å²) in [5.41, 5.74) is 3.68. The van der Waals surface area contributed by atoms with Crippen molar-refractivity contribution < 1.29 is 4.79 Å². The molecule has 0 atom stereocenters. The van der Waals surface area contributed by atoms with Gasteiger partial charge in [0.1, 0.15) is 0 Å². The van der Waals surface area contributed by atoms with E-state index in [-0.39, 0.29) is 5.91 Å². The lowest BCUT2D eigenvalue weighted by Gasteiger charge is -2.20. The van der Waals surface area contributed by atoms with Gasteiger partial charge in [-0.1, -0.05) is 45.9 Å². The zero-order valence-electron chi connectivity index (χ0n) is 15.6. The lowest BCUT2D eigenvalue weighted by Crippen LogP contribution is -2.32. The minimum atomic E-state index is 0.0528.